The zero-order chi connectivity index (χ0) is 14.3. The van der Waals surface area contributed by atoms with Crippen LogP contribution in [0, 0.1) is 9.39 Å². The van der Waals surface area contributed by atoms with E-state index in [1.807, 2.05) is 27.2 Å². The fourth-order valence-corrected chi connectivity index (χ4v) is 3.40. The summed E-state index contributed by atoms with van der Waals surface area (Å²) in [5, 5.41) is 0. The molecule has 3 nitrogen and oxygen atoms in total. The lowest BCUT2D eigenvalue weighted by Gasteiger charge is -2.25. The van der Waals surface area contributed by atoms with Crippen LogP contribution in [-0.2, 0) is 17.2 Å². The lowest BCUT2D eigenvalue weighted by Crippen LogP contribution is -2.30. The number of aromatic nitrogens is 2. The van der Waals surface area contributed by atoms with Gasteiger partial charge in [-0.25, -0.2) is 9.37 Å². The number of nitrogens with zero attached hydrogens (tertiary/aromatic N) is 2. The van der Waals surface area contributed by atoms with Gasteiger partial charge in [-0.2, -0.15) is 0 Å². The highest BCUT2D eigenvalue weighted by Crippen LogP contribution is 2.30. The Morgan fingerprint density at radius 3 is 3.00 bits per heavy atom. The molecular formula is C14H15ClFIN2O. The second-order valence-corrected chi connectivity index (χ2v) is 6.83. The zero-order valence-electron chi connectivity index (χ0n) is 11.1. The van der Waals surface area contributed by atoms with E-state index in [0.717, 1.165) is 36.3 Å². The van der Waals surface area contributed by atoms with E-state index in [9.17, 15) is 4.39 Å². The van der Waals surface area contributed by atoms with E-state index >= 15 is 0 Å². The SMILES string of the molecule is CC1(Cn2c(CCl)nc3cc(I)c(F)cc32)CCCO1. The van der Waals surface area contributed by atoms with Crippen molar-refractivity contribution in [2.75, 3.05) is 6.61 Å². The van der Waals surface area contributed by atoms with Gasteiger partial charge in [0, 0.05) is 12.7 Å². The van der Waals surface area contributed by atoms with E-state index in [0.29, 0.717) is 16.0 Å². The maximum atomic E-state index is 13.8. The van der Waals surface area contributed by atoms with Crippen molar-refractivity contribution >= 4 is 45.2 Å². The Hall–Kier alpha value is -0.400. The Morgan fingerprint density at radius 1 is 1.55 bits per heavy atom. The maximum absolute atomic E-state index is 13.8. The smallest absolute Gasteiger partial charge is 0.138 e. The molecule has 108 valence electrons. The van der Waals surface area contributed by atoms with Crippen LogP contribution in [0.2, 0.25) is 0 Å². The van der Waals surface area contributed by atoms with Gasteiger partial charge in [-0.05, 0) is 48.4 Å². The third-order valence-electron chi connectivity index (χ3n) is 3.78. The summed E-state index contributed by atoms with van der Waals surface area (Å²) < 4.78 is 22.2. The topological polar surface area (TPSA) is 27.1 Å². The first-order valence-electron chi connectivity index (χ1n) is 6.56. The molecule has 3 rings (SSSR count). The number of alkyl halides is 1. The van der Waals surface area contributed by atoms with Gasteiger partial charge in [-0.3, -0.25) is 0 Å². The third kappa shape index (κ3) is 2.55. The molecule has 1 fully saturated rings. The Morgan fingerprint density at radius 2 is 2.35 bits per heavy atom. The Kier molecular flexibility index (Phi) is 3.94. The van der Waals surface area contributed by atoms with Gasteiger partial charge in [0.25, 0.3) is 0 Å². The predicted molar refractivity (Wildman–Crippen MR) is 85.6 cm³/mol. The minimum absolute atomic E-state index is 0.214. The molecule has 1 aromatic carbocycles. The summed E-state index contributed by atoms with van der Waals surface area (Å²) in [5.74, 6) is 0.848. The van der Waals surface area contributed by atoms with Gasteiger partial charge in [0.1, 0.15) is 11.6 Å². The molecule has 0 N–H and O–H groups in total. The van der Waals surface area contributed by atoms with Gasteiger partial charge in [-0.15, -0.1) is 11.6 Å². The van der Waals surface area contributed by atoms with Gasteiger partial charge < -0.3 is 9.30 Å². The average Bonchev–Trinajstić information content (AvgIpc) is 2.96. The molecule has 0 aliphatic carbocycles. The number of imidazole rings is 1. The molecule has 1 aromatic heterocycles. The van der Waals surface area contributed by atoms with Gasteiger partial charge in [-0.1, -0.05) is 0 Å². The molecule has 1 unspecified atom stereocenters. The molecular weight excluding hydrogens is 394 g/mol. The molecule has 1 aliphatic rings. The summed E-state index contributed by atoms with van der Waals surface area (Å²) in [7, 11) is 0. The maximum Gasteiger partial charge on any atom is 0.138 e. The van der Waals surface area contributed by atoms with Gasteiger partial charge in [0.2, 0.25) is 0 Å². The quantitative estimate of drug-likeness (QED) is 0.565. The first kappa shape index (κ1) is 14.5. The van der Waals surface area contributed by atoms with Crippen molar-refractivity contribution in [2.24, 2.45) is 0 Å². The Labute approximate surface area is 135 Å². The molecule has 0 amide bonds. The van der Waals surface area contributed by atoms with Crippen molar-refractivity contribution in [3.05, 3.63) is 27.3 Å². The largest absolute Gasteiger partial charge is 0.373 e. The van der Waals surface area contributed by atoms with Gasteiger partial charge in [0.05, 0.1) is 32.6 Å². The fraction of sp³-hybridized carbons (Fsp3) is 0.500. The number of benzene rings is 1. The molecule has 0 radical (unpaired) electrons. The van der Waals surface area contributed by atoms with Crippen LogP contribution in [0.1, 0.15) is 25.6 Å². The first-order valence-corrected chi connectivity index (χ1v) is 8.18. The highest BCUT2D eigenvalue weighted by Gasteiger charge is 2.31. The second kappa shape index (κ2) is 5.42. The molecule has 1 saturated heterocycles. The van der Waals surface area contributed by atoms with Gasteiger partial charge in [0.15, 0.2) is 0 Å². The normalized spacial score (nSPS) is 22.8. The zero-order valence-corrected chi connectivity index (χ0v) is 14.0. The Balaban J connectivity index is 2.10. The predicted octanol–water partition coefficient (Wildman–Crippen LogP) is 4.09. The van der Waals surface area contributed by atoms with Crippen LogP contribution >= 0.6 is 34.2 Å². The van der Waals surface area contributed by atoms with Crippen molar-refractivity contribution in [1.29, 1.82) is 0 Å². The molecule has 2 aromatic rings. The molecule has 0 saturated carbocycles. The third-order valence-corrected chi connectivity index (χ3v) is 4.85. The highest BCUT2D eigenvalue weighted by molar-refractivity contribution is 14.1. The van der Waals surface area contributed by atoms with Gasteiger partial charge >= 0.3 is 0 Å². The number of halogens is 3. The fourth-order valence-electron chi connectivity index (χ4n) is 2.74. The number of ether oxygens (including phenoxy) is 1. The van der Waals surface area contributed by atoms with Crippen LogP contribution in [0.25, 0.3) is 11.0 Å². The first-order chi connectivity index (χ1) is 9.52. The van der Waals surface area contributed by atoms with E-state index in [-0.39, 0.29) is 11.4 Å². The minimum Gasteiger partial charge on any atom is -0.373 e. The monoisotopic (exact) mass is 408 g/mol. The number of fused-ring (bicyclic) bond motifs is 1. The van der Waals surface area contributed by atoms with E-state index in [1.54, 1.807) is 12.1 Å². The summed E-state index contributed by atoms with van der Waals surface area (Å²) in [6.45, 7) is 3.53. The standard InChI is InChI=1S/C14H15ClFIN2O/c1-14(3-2-4-20-14)8-19-12-5-9(16)10(17)6-11(12)18-13(19)7-15/h5-6H,2-4,7-8H2,1H3. The lowest BCUT2D eigenvalue weighted by molar-refractivity contribution is 0.00660. The highest BCUT2D eigenvalue weighted by atomic mass is 127. The molecule has 20 heavy (non-hydrogen) atoms. The molecule has 0 bridgehead atoms. The minimum atomic E-state index is -0.224. The van der Waals surface area contributed by atoms with Crippen LogP contribution in [-0.4, -0.2) is 21.8 Å². The lowest BCUT2D eigenvalue weighted by atomic mass is 10.0. The molecule has 2 heterocycles. The summed E-state index contributed by atoms with van der Waals surface area (Å²) in [6.07, 6.45) is 2.06. The van der Waals surface area contributed by atoms with Crippen LogP contribution in [0.4, 0.5) is 4.39 Å². The van der Waals surface area contributed by atoms with E-state index < -0.39 is 0 Å². The summed E-state index contributed by atoms with van der Waals surface area (Å²) in [5.41, 5.74) is 1.36. The summed E-state index contributed by atoms with van der Waals surface area (Å²) >= 11 is 7.97. The van der Waals surface area contributed by atoms with Crippen molar-refractivity contribution in [3.63, 3.8) is 0 Å². The van der Waals surface area contributed by atoms with Crippen LogP contribution in [0.5, 0.6) is 0 Å². The number of rotatable bonds is 3. The summed E-state index contributed by atoms with van der Waals surface area (Å²) in [4.78, 5) is 4.51. The molecule has 6 heteroatoms. The van der Waals surface area contributed by atoms with Crippen molar-refractivity contribution in [2.45, 2.75) is 37.8 Å². The molecule has 1 atom stereocenters. The van der Waals surface area contributed by atoms with Crippen LogP contribution in [0.15, 0.2) is 12.1 Å². The average molecular weight is 409 g/mol. The second-order valence-electron chi connectivity index (χ2n) is 5.40. The van der Waals surface area contributed by atoms with E-state index in [1.165, 1.54) is 0 Å². The van der Waals surface area contributed by atoms with Crippen LogP contribution in [0.3, 0.4) is 0 Å². The van der Waals surface area contributed by atoms with Crippen molar-refractivity contribution in [1.82, 2.24) is 9.55 Å². The van der Waals surface area contributed by atoms with E-state index in [4.69, 9.17) is 16.3 Å². The van der Waals surface area contributed by atoms with Crippen LogP contribution < -0.4 is 0 Å². The molecule has 1 aliphatic heterocycles. The van der Waals surface area contributed by atoms with Crippen molar-refractivity contribution in [3.8, 4) is 0 Å². The van der Waals surface area contributed by atoms with Crippen molar-refractivity contribution < 1.29 is 9.13 Å². The Bertz CT molecular complexity index is 652. The summed E-state index contributed by atoms with van der Waals surface area (Å²) in [6, 6.07) is 3.30. The number of hydrogen-bond donors (Lipinski definition) is 0. The van der Waals surface area contributed by atoms with E-state index in [2.05, 4.69) is 11.9 Å². The molecule has 0 spiro atoms. The number of hydrogen-bond acceptors (Lipinski definition) is 2.